The number of nitrogens with one attached hydrogen (secondary N) is 1. The smallest absolute Gasteiger partial charge is 0.349 e. The number of benzene rings is 2. The lowest BCUT2D eigenvalue weighted by Crippen LogP contribution is -2.36. The van der Waals surface area contributed by atoms with E-state index in [1.54, 1.807) is 25.3 Å². The minimum Gasteiger partial charge on any atom is -0.493 e. The lowest BCUT2D eigenvalue weighted by molar-refractivity contribution is -0.136. The molecule has 0 atom stereocenters. The molecule has 0 bridgehead atoms. The van der Waals surface area contributed by atoms with Gasteiger partial charge in [0.2, 0.25) is 0 Å². The van der Waals surface area contributed by atoms with Gasteiger partial charge in [0, 0.05) is 17.3 Å². The predicted octanol–water partition coefficient (Wildman–Crippen LogP) is 6.62. The normalized spacial score (nSPS) is 11.8. The molecule has 0 unspecified atom stereocenters. The number of aromatic nitrogens is 2. The van der Waals surface area contributed by atoms with Gasteiger partial charge in [-0.05, 0) is 68.1 Å². The maximum atomic E-state index is 12.4. The summed E-state index contributed by atoms with van der Waals surface area (Å²) in [6.45, 7) is 10.9. The van der Waals surface area contributed by atoms with Crippen LogP contribution in [0.15, 0.2) is 72.9 Å². The van der Waals surface area contributed by atoms with Crippen LogP contribution in [0, 0.1) is 5.41 Å². The van der Waals surface area contributed by atoms with Gasteiger partial charge in [0.1, 0.15) is 22.9 Å². The van der Waals surface area contributed by atoms with Crippen LogP contribution in [0.4, 0.5) is 5.82 Å². The second kappa shape index (κ2) is 10.5. The molecule has 7 heteroatoms. The van der Waals surface area contributed by atoms with Gasteiger partial charge >= 0.3 is 5.97 Å². The first-order valence-electron chi connectivity index (χ1n) is 12.4. The number of carbonyl (C=O) groups excluding carboxylic acids is 1. The molecule has 0 fully saturated rings. The first kappa shape index (κ1) is 26.1. The number of anilines is 1. The number of pyridine rings is 1. The van der Waals surface area contributed by atoms with Crippen LogP contribution in [0.25, 0.3) is 16.9 Å². The summed E-state index contributed by atoms with van der Waals surface area (Å²) in [5.41, 5.74) is 2.43. The van der Waals surface area contributed by atoms with Gasteiger partial charge < -0.3 is 19.5 Å². The van der Waals surface area contributed by atoms with Gasteiger partial charge in [0.05, 0.1) is 7.11 Å². The zero-order valence-electron chi connectivity index (χ0n) is 22.4. The number of hydrogen-bond acceptors (Lipinski definition) is 6. The Bertz CT molecular complexity index is 1370. The standard InChI is InChI=1S/C30H35N3O4/c1-29(2,3)20-30(4,5)32-28-27(31-25-14-10-11-17-33(25)28)21-15-16-23(24(18-21)35-6)37-26(34)19-36-22-12-8-7-9-13-22/h7-18,32H,19-20H2,1-6H3. The molecule has 4 aromatic rings. The van der Waals surface area contributed by atoms with Gasteiger partial charge in [-0.3, -0.25) is 4.40 Å². The van der Waals surface area contributed by atoms with Crippen LogP contribution in [0.3, 0.4) is 0 Å². The molecule has 0 aliphatic carbocycles. The van der Waals surface area contributed by atoms with Crippen molar-refractivity contribution in [2.75, 3.05) is 19.0 Å². The predicted molar refractivity (Wildman–Crippen MR) is 147 cm³/mol. The third kappa shape index (κ3) is 6.61. The summed E-state index contributed by atoms with van der Waals surface area (Å²) < 4.78 is 18.7. The Morgan fingerprint density at radius 3 is 2.38 bits per heavy atom. The van der Waals surface area contributed by atoms with Crippen molar-refractivity contribution in [1.82, 2.24) is 9.38 Å². The molecule has 194 valence electrons. The van der Waals surface area contributed by atoms with Gasteiger partial charge in [0.25, 0.3) is 0 Å². The van der Waals surface area contributed by atoms with Crippen LogP contribution in [-0.2, 0) is 4.79 Å². The van der Waals surface area contributed by atoms with E-state index in [1.165, 1.54) is 0 Å². The molecular weight excluding hydrogens is 466 g/mol. The molecule has 0 saturated heterocycles. The second-order valence-corrected chi connectivity index (χ2v) is 10.9. The van der Waals surface area contributed by atoms with Crippen LogP contribution in [0.1, 0.15) is 41.0 Å². The third-order valence-electron chi connectivity index (χ3n) is 5.72. The van der Waals surface area contributed by atoms with Crippen molar-refractivity contribution < 1.29 is 19.0 Å². The lowest BCUT2D eigenvalue weighted by atomic mass is 9.82. The molecule has 1 N–H and O–H groups in total. The highest BCUT2D eigenvalue weighted by Crippen LogP contribution is 2.38. The summed E-state index contributed by atoms with van der Waals surface area (Å²) in [6.07, 6.45) is 2.96. The maximum absolute atomic E-state index is 12.4. The summed E-state index contributed by atoms with van der Waals surface area (Å²) in [4.78, 5) is 17.3. The van der Waals surface area contributed by atoms with E-state index in [9.17, 15) is 4.79 Å². The third-order valence-corrected chi connectivity index (χ3v) is 5.72. The summed E-state index contributed by atoms with van der Waals surface area (Å²) >= 11 is 0. The number of hydrogen-bond donors (Lipinski definition) is 1. The number of para-hydroxylation sites is 1. The van der Waals surface area contributed by atoms with Crippen LogP contribution in [0.2, 0.25) is 0 Å². The largest absolute Gasteiger partial charge is 0.493 e. The van der Waals surface area contributed by atoms with E-state index >= 15 is 0 Å². The Morgan fingerprint density at radius 1 is 0.946 bits per heavy atom. The zero-order valence-corrected chi connectivity index (χ0v) is 22.4. The minimum absolute atomic E-state index is 0.149. The first-order valence-corrected chi connectivity index (χ1v) is 12.4. The van der Waals surface area contributed by atoms with Crippen molar-refractivity contribution in [3.63, 3.8) is 0 Å². The highest BCUT2D eigenvalue weighted by molar-refractivity contribution is 5.80. The summed E-state index contributed by atoms with van der Waals surface area (Å²) in [5.74, 6) is 1.73. The first-order chi connectivity index (χ1) is 17.5. The quantitative estimate of drug-likeness (QED) is 0.205. The van der Waals surface area contributed by atoms with Crippen molar-refractivity contribution >= 4 is 17.4 Å². The number of imidazole rings is 1. The Balaban J connectivity index is 1.61. The molecule has 0 radical (unpaired) electrons. The molecule has 2 aromatic heterocycles. The fourth-order valence-corrected chi connectivity index (χ4v) is 4.72. The van der Waals surface area contributed by atoms with Gasteiger partial charge in [-0.2, -0.15) is 0 Å². The fraction of sp³-hybridized carbons (Fsp3) is 0.333. The number of fused-ring (bicyclic) bond motifs is 1. The summed E-state index contributed by atoms with van der Waals surface area (Å²) in [5, 5.41) is 3.74. The van der Waals surface area contributed by atoms with Crippen molar-refractivity contribution in [3.8, 4) is 28.5 Å². The molecule has 0 spiro atoms. The van der Waals surface area contributed by atoms with Crippen molar-refractivity contribution in [1.29, 1.82) is 0 Å². The molecule has 2 aromatic carbocycles. The lowest BCUT2D eigenvalue weighted by Gasteiger charge is -2.34. The number of rotatable bonds is 9. The Kier molecular flexibility index (Phi) is 7.43. The van der Waals surface area contributed by atoms with Crippen LogP contribution in [0.5, 0.6) is 17.2 Å². The van der Waals surface area contributed by atoms with Crippen LogP contribution >= 0.6 is 0 Å². The van der Waals surface area contributed by atoms with Gasteiger partial charge in [-0.15, -0.1) is 0 Å². The molecule has 2 heterocycles. The van der Waals surface area contributed by atoms with Gasteiger partial charge in [0.15, 0.2) is 18.1 Å². The Labute approximate surface area is 218 Å². The van der Waals surface area contributed by atoms with E-state index in [-0.39, 0.29) is 17.6 Å². The molecule has 0 aliphatic rings. The summed E-state index contributed by atoms with van der Waals surface area (Å²) in [7, 11) is 1.55. The zero-order chi connectivity index (χ0) is 26.6. The maximum Gasteiger partial charge on any atom is 0.349 e. The molecule has 0 amide bonds. The van der Waals surface area contributed by atoms with E-state index in [4.69, 9.17) is 19.2 Å². The van der Waals surface area contributed by atoms with E-state index in [2.05, 4.69) is 44.3 Å². The van der Waals surface area contributed by atoms with Gasteiger partial charge in [-0.1, -0.05) is 45.0 Å². The second-order valence-electron chi connectivity index (χ2n) is 10.9. The van der Waals surface area contributed by atoms with Gasteiger partial charge in [-0.25, -0.2) is 9.78 Å². The van der Waals surface area contributed by atoms with E-state index in [0.717, 1.165) is 29.1 Å². The molecule has 4 rings (SSSR count). The SMILES string of the molecule is COc1cc(-c2nc3ccccn3c2NC(C)(C)CC(C)(C)C)ccc1OC(=O)COc1ccccc1. The average Bonchev–Trinajstić information content (AvgIpc) is 3.20. The average molecular weight is 502 g/mol. The number of ether oxygens (including phenoxy) is 3. The number of carbonyl (C=O) groups is 1. The highest BCUT2D eigenvalue weighted by Gasteiger charge is 2.28. The topological polar surface area (TPSA) is 74.1 Å². The fourth-order valence-electron chi connectivity index (χ4n) is 4.72. The van der Waals surface area contributed by atoms with Crippen LogP contribution < -0.4 is 19.5 Å². The molecule has 37 heavy (non-hydrogen) atoms. The van der Waals surface area contributed by atoms with Crippen molar-refractivity contribution in [3.05, 3.63) is 72.9 Å². The highest BCUT2D eigenvalue weighted by atomic mass is 16.6. The Hall–Kier alpha value is -4.00. The molecule has 0 aliphatic heterocycles. The van der Waals surface area contributed by atoms with Crippen molar-refractivity contribution in [2.24, 2.45) is 5.41 Å². The van der Waals surface area contributed by atoms with E-state index < -0.39 is 5.97 Å². The number of nitrogens with zero attached hydrogens (tertiary/aromatic N) is 2. The van der Waals surface area contributed by atoms with E-state index in [0.29, 0.717) is 17.2 Å². The van der Waals surface area contributed by atoms with E-state index in [1.807, 2.05) is 54.7 Å². The monoisotopic (exact) mass is 501 g/mol. The molecular formula is C30H35N3O4. The Morgan fingerprint density at radius 2 is 1.68 bits per heavy atom. The molecule has 7 nitrogen and oxygen atoms in total. The molecule has 0 saturated carbocycles. The number of methoxy groups -OCH3 is 1. The van der Waals surface area contributed by atoms with Crippen LogP contribution in [-0.4, -0.2) is 34.6 Å². The summed E-state index contributed by atoms with van der Waals surface area (Å²) in [6, 6.07) is 20.5. The minimum atomic E-state index is -0.520. The van der Waals surface area contributed by atoms with Crippen molar-refractivity contribution in [2.45, 2.75) is 46.6 Å². The number of esters is 1.